The SMILES string of the molecule is COc1ccccc1NC(=O)[C@@]1(C)Sc2ccccc2N(C)C1=O. The molecule has 0 aliphatic carbocycles. The minimum Gasteiger partial charge on any atom is -0.495 e. The number of methoxy groups -OCH3 is 1. The molecule has 3 rings (SSSR count). The average Bonchev–Trinajstić information content (AvgIpc) is 2.60. The summed E-state index contributed by atoms with van der Waals surface area (Å²) in [7, 11) is 3.23. The second-order valence-corrected chi connectivity index (χ2v) is 7.08. The molecule has 1 N–H and O–H groups in total. The Kier molecular flexibility index (Phi) is 4.24. The number of nitrogens with zero attached hydrogens (tertiary/aromatic N) is 1. The minimum atomic E-state index is -1.25. The van der Waals surface area contributed by atoms with Crippen LogP contribution in [0.3, 0.4) is 0 Å². The van der Waals surface area contributed by atoms with Crippen LogP contribution in [0.4, 0.5) is 11.4 Å². The maximum absolute atomic E-state index is 12.9. The second kappa shape index (κ2) is 6.20. The Labute approximate surface area is 145 Å². The molecule has 1 heterocycles. The van der Waals surface area contributed by atoms with E-state index < -0.39 is 4.75 Å². The van der Waals surface area contributed by atoms with Crippen LogP contribution in [0, 0.1) is 0 Å². The zero-order valence-corrected chi connectivity index (χ0v) is 14.5. The van der Waals surface area contributed by atoms with E-state index in [1.54, 1.807) is 32.2 Å². The van der Waals surface area contributed by atoms with Crippen LogP contribution < -0.4 is 15.0 Å². The van der Waals surface area contributed by atoms with Gasteiger partial charge in [-0.15, -0.1) is 0 Å². The third-order valence-corrected chi connectivity index (χ3v) is 5.38. The van der Waals surface area contributed by atoms with Gasteiger partial charge in [-0.05, 0) is 31.2 Å². The van der Waals surface area contributed by atoms with Crippen LogP contribution in [0.2, 0.25) is 0 Å². The quantitative estimate of drug-likeness (QED) is 0.871. The molecule has 0 spiro atoms. The van der Waals surface area contributed by atoms with Gasteiger partial charge in [0.05, 0.1) is 18.5 Å². The number of carbonyl (C=O) groups is 2. The summed E-state index contributed by atoms with van der Waals surface area (Å²) in [6.45, 7) is 1.65. The van der Waals surface area contributed by atoms with Crippen molar-refractivity contribution in [2.24, 2.45) is 0 Å². The van der Waals surface area contributed by atoms with Gasteiger partial charge >= 0.3 is 0 Å². The van der Waals surface area contributed by atoms with Gasteiger partial charge in [-0.3, -0.25) is 9.59 Å². The lowest BCUT2D eigenvalue weighted by Crippen LogP contribution is -2.53. The van der Waals surface area contributed by atoms with Crippen LogP contribution in [0.5, 0.6) is 5.75 Å². The standard InChI is InChI=1S/C18H18N2O3S/c1-18(16(21)19-12-8-4-6-10-14(12)23-3)17(22)20(2)13-9-5-7-11-15(13)24-18/h4-11H,1-3H3,(H,19,21)/t18-/m1/s1. The third-order valence-electron chi connectivity index (χ3n) is 4.04. The summed E-state index contributed by atoms with van der Waals surface area (Å²) < 4.78 is 4.01. The molecule has 0 unspecified atom stereocenters. The number of ether oxygens (including phenoxy) is 1. The molecule has 124 valence electrons. The Hall–Kier alpha value is -2.47. The van der Waals surface area contributed by atoms with Gasteiger partial charge < -0.3 is 15.0 Å². The van der Waals surface area contributed by atoms with Gasteiger partial charge in [0.15, 0.2) is 4.75 Å². The van der Waals surface area contributed by atoms with E-state index in [9.17, 15) is 9.59 Å². The molecule has 0 saturated heterocycles. The minimum absolute atomic E-state index is 0.251. The fourth-order valence-electron chi connectivity index (χ4n) is 2.65. The highest BCUT2D eigenvalue weighted by Gasteiger charge is 2.48. The van der Waals surface area contributed by atoms with Crippen LogP contribution in [-0.2, 0) is 9.59 Å². The monoisotopic (exact) mass is 342 g/mol. The molecule has 0 fully saturated rings. The maximum atomic E-state index is 12.9. The van der Waals surface area contributed by atoms with Gasteiger partial charge in [0.25, 0.3) is 5.91 Å². The second-order valence-electron chi connectivity index (χ2n) is 5.62. The number of hydrogen-bond donors (Lipinski definition) is 1. The number of hydrogen-bond acceptors (Lipinski definition) is 4. The van der Waals surface area contributed by atoms with E-state index in [1.165, 1.54) is 23.8 Å². The topological polar surface area (TPSA) is 58.6 Å². The van der Waals surface area contributed by atoms with E-state index in [1.807, 2.05) is 30.3 Å². The lowest BCUT2D eigenvalue weighted by atomic mass is 10.1. The van der Waals surface area contributed by atoms with Crippen molar-refractivity contribution in [1.82, 2.24) is 0 Å². The van der Waals surface area contributed by atoms with E-state index in [-0.39, 0.29) is 11.8 Å². The number of rotatable bonds is 3. The zero-order valence-electron chi connectivity index (χ0n) is 13.7. The Balaban J connectivity index is 1.93. The average molecular weight is 342 g/mol. The highest BCUT2D eigenvalue weighted by Crippen LogP contribution is 2.45. The van der Waals surface area contributed by atoms with Crippen LogP contribution >= 0.6 is 11.8 Å². The number of para-hydroxylation sites is 3. The van der Waals surface area contributed by atoms with Gasteiger partial charge in [-0.2, -0.15) is 0 Å². The van der Waals surface area contributed by atoms with E-state index in [0.717, 1.165) is 10.6 Å². The first kappa shape index (κ1) is 16.4. The fourth-order valence-corrected chi connectivity index (χ4v) is 3.91. The normalized spacial score (nSPS) is 19.6. The molecule has 5 nitrogen and oxygen atoms in total. The Bertz CT molecular complexity index is 808. The molecule has 0 saturated carbocycles. The number of amides is 2. The first-order valence-corrected chi connectivity index (χ1v) is 8.29. The summed E-state index contributed by atoms with van der Waals surface area (Å²) in [4.78, 5) is 28.1. The molecule has 1 atom stereocenters. The zero-order chi connectivity index (χ0) is 17.3. The summed E-state index contributed by atoms with van der Waals surface area (Å²) >= 11 is 1.27. The van der Waals surface area contributed by atoms with E-state index in [4.69, 9.17) is 4.74 Å². The Morgan fingerprint density at radius 2 is 1.83 bits per heavy atom. The maximum Gasteiger partial charge on any atom is 0.252 e. The van der Waals surface area contributed by atoms with Crippen molar-refractivity contribution in [3.63, 3.8) is 0 Å². The van der Waals surface area contributed by atoms with E-state index in [2.05, 4.69) is 5.32 Å². The molecule has 1 aliphatic rings. The van der Waals surface area contributed by atoms with Crippen molar-refractivity contribution in [2.45, 2.75) is 16.6 Å². The van der Waals surface area contributed by atoms with E-state index in [0.29, 0.717) is 11.4 Å². The molecule has 24 heavy (non-hydrogen) atoms. The van der Waals surface area contributed by atoms with Crippen LogP contribution in [0.1, 0.15) is 6.92 Å². The third kappa shape index (κ3) is 2.63. The lowest BCUT2D eigenvalue weighted by molar-refractivity contribution is -0.128. The smallest absolute Gasteiger partial charge is 0.252 e. The summed E-state index contributed by atoms with van der Waals surface area (Å²) in [5, 5.41) is 2.82. The molecule has 0 bridgehead atoms. The van der Waals surface area contributed by atoms with Gasteiger partial charge in [0.1, 0.15) is 5.75 Å². The van der Waals surface area contributed by atoms with Crippen molar-refractivity contribution < 1.29 is 14.3 Å². The molecule has 0 aromatic heterocycles. The summed E-state index contributed by atoms with van der Waals surface area (Å²) in [6.07, 6.45) is 0. The van der Waals surface area contributed by atoms with Crippen LogP contribution in [0.25, 0.3) is 0 Å². The first-order chi connectivity index (χ1) is 11.5. The van der Waals surface area contributed by atoms with Crippen molar-refractivity contribution >= 4 is 35.0 Å². The molecule has 2 aromatic rings. The highest BCUT2D eigenvalue weighted by molar-refractivity contribution is 8.02. The molecule has 6 heteroatoms. The molecule has 2 aromatic carbocycles. The molecule has 2 amide bonds. The number of benzene rings is 2. The van der Waals surface area contributed by atoms with Gasteiger partial charge in [-0.1, -0.05) is 36.0 Å². The molecular weight excluding hydrogens is 324 g/mol. The Morgan fingerprint density at radius 1 is 1.17 bits per heavy atom. The number of fused-ring (bicyclic) bond motifs is 1. The number of thioether (sulfide) groups is 1. The molecule has 0 radical (unpaired) electrons. The van der Waals surface area contributed by atoms with Crippen molar-refractivity contribution in [2.75, 3.05) is 24.4 Å². The molecule has 1 aliphatic heterocycles. The lowest BCUT2D eigenvalue weighted by Gasteiger charge is -2.37. The number of nitrogens with one attached hydrogen (secondary N) is 1. The summed E-state index contributed by atoms with van der Waals surface area (Å²) in [5.41, 5.74) is 1.36. The predicted octanol–water partition coefficient (Wildman–Crippen LogP) is 3.16. The number of carbonyl (C=O) groups excluding carboxylic acids is 2. The van der Waals surface area contributed by atoms with Crippen LogP contribution in [0.15, 0.2) is 53.4 Å². The highest BCUT2D eigenvalue weighted by atomic mass is 32.2. The van der Waals surface area contributed by atoms with Gasteiger partial charge in [0, 0.05) is 11.9 Å². The van der Waals surface area contributed by atoms with Crippen molar-refractivity contribution in [1.29, 1.82) is 0 Å². The van der Waals surface area contributed by atoms with Gasteiger partial charge in [-0.25, -0.2) is 0 Å². The predicted molar refractivity (Wildman–Crippen MR) is 95.7 cm³/mol. The first-order valence-electron chi connectivity index (χ1n) is 7.48. The largest absolute Gasteiger partial charge is 0.495 e. The Morgan fingerprint density at radius 3 is 2.58 bits per heavy atom. The van der Waals surface area contributed by atoms with Gasteiger partial charge in [0.2, 0.25) is 5.91 Å². The van der Waals surface area contributed by atoms with Crippen molar-refractivity contribution in [3.8, 4) is 5.75 Å². The van der Waals surface area contributed by atoms with E-state index >= 15 is 0 Å². The molecular formula is C18H18N2O3S. The summed E-state index contributed by atoms with van der Waals surface area (Å²) in [6, 6.07) is 14.7. The number of anilines is 2. The van der Waals surface area contributed by atoms with Crippen molar-refractivity contribution in [3.05, 3.63) is 48.5 Å². The summed E-state index contributed by atoms with van der Waals surface area (Å²) in [5.74, 6) is -0.0709. The fraction of sp³-hybridized carbons (Fsp3) is 0.222. The van der Waals surface area contributed by atoms with Crippen LogP contribution in [-0.4, -0.2) is 30.7 Å².